The fourth-order valence-electron chi connectivity index (χ4n) is 5.66. The summed E-state index contributed by atoms with van der Waals surface area (Å²) in [5.74, 6) is -0.0504. The summed E-state index contributed by atoms with van der Waals surface area (Å²) in [5.41, 5.74) is 6.24. The highest BCUT2D eigenvalue weighted by Crippen LogP contribution is 2.39. The predicted octanol–water partition coefficient (Wildman–Crippen LogP) is 7.67. The third-order valence-corrected chi connectivity index (χ3v) is 9.62. The number of rotatable bonds is 7. The van der Waals surface area contributed by atoms with Crippen LogP contribution in [-0.4, -0.2) is 62.1 Å². The molecule has 1 unspecified atom stereocenters. The monoisotopic (exact) mass is 667 g/mol. The van der Waals surface area contributed by atoms with E-state index in [1.54, 1.807) is 17.5 Å². The molecule has 2 amide bonds. The molecule has 1 saturated heterocycles. The number of aryl methyl sites for hydroxylation is 1. The summed E-state index contributed by atoms with van der Waals surface area (Å²) in [6.45, 7) is 7.55. The minimum absolute atomic E-state index is 0.00339. The van der Waals surface area contributed by atoms with Crippen molar-refractivity contribution in [3.8, 4) is 26.8 Å². The summed E-state index contributed by atoms with van der Waals surface area (Å²) in [5, 5.41) is 5.46. The van der Waals surface area contributed by atoms with Crippen molar-refractivity contribution in [3.05, 3.63) is 112 Å². The molecule has 0 saturated carbocycles. The first-order valence-corrected chi connectivity index (χ1v) is 16.5. The van der Waals surface area contributed by atoms with Crippen molar-refractivity contribution in [2.24, 2.45) is 0 Å². The molecular weight excluding hydrogens is 634 g/mol. The molecule has 0 N–H and O–H groups in total. The number of carbonyl (C=O) groups is 2. The maximum atomic E-state index is 14.0. The fraction of sp³-hybridized carbons (Fsp3) is 0.257. The van der Waals surface area contributed by atoms with Crippen LogP contribution in [0.15, 0.2) is 89.5 Å². The van der Waals surface area contributed by atoms with Crippen LogP contribution in [0.25, 0.3) is 26.8 Å². The molecule has 0 spiro atoms. The molecule has 1 aliphatic rings. The quantitative estimate of drug-likeness (QED) is 0.179. The Morgan fingerprint density at radius 3 is 2.34 bits per heavy atom. The second kappa shape index (κ2) is 12.9. The zero-order chi connectivity index (χ0) is 30.8. The van der Waals surface area contributed by atoms with Gasteiger partial charge in [-0.05, 0) is 50.1 Å². The number of nitrogens with zero attached hydrogens (tertiary/aromatic N) is 5. The maximum absolute atomic E-state index is 14.0. The largest absolute Gasteiger partial charge is 0.335 e. The molecule has 3 heterocycles. The van der Waals surface area contributed by atoms with Gasteiger partial charge in [0.05, 0.1) is 28.0 Å². The lowest BCUT2D eigenvalue weighted by molar-refractivity contribution is 0.0414. The van der Waals surface area contributed by atoms with Crippen LogP contribution < -0.4 is 0 Å². The molecule has 1 atom stereocenters. The molecule has 1 fully saturated rings. The van der Waals surface area contributed by atoms with E-state index in [2.05, 4.69) is 47.1 Å². The molecule has 0 bridgehead atoms. The molecule has 0 radical (unpaired) electrons. The number of hydrogen-bond acceptors (Lipinski definition) is 5. The van der Waals surface area contributed by atoms with Gasteiger partial charge in [0.15, 0.2) is 0 Å². The van der Waals surface area contributed by atoms with Crippen molar-refractivity contribution in [2.45, 2.75) is 39.7 Å². The van der Waals surface area contributed by atoms with E-state index >= 15 is 0 Å². The molecule has 3 aromatic carbocycles. The van der Waals surface area contributed by atoms with Gasteiger partial charge in [-0.15, -0.1) is 0 Å². The topological polar surface area (TPSA) is 71.3 Å². The fourth-order valence-corrected chi connectivity index (χ4v) is 7.00. The Balaban J connectivity index is 1.29. The highest BCUT2D eigenvalue weighted by molar-refractivity contribution is 9.10. The van der Waals surface area contributed by atoms with E-state index < -0.39 is 0 Å². The Morgan fingerprint density at radius 1 is 0.932 bits per heavy atom. The summed E-state index contributed by atoms with van der Waals surface area (Å²) in [6, 6.07) is 26.0. The molecule has 0 aliphatic carbocycles. The summed E-state index contributed by atoms with van der Waals surface area (Å²) in [6.07, 6.45) is 3.23. The van der Waals surface area contributed by atoms with Gasteiger partial charge in [0.2, 0.25) is 5.13 Å². The first-order valence-electron chi connectivity index (χ1n) is 14.9. The van der Waals surface area contributed by atoms with E-state index in [1.807, 2.05) is 82.9 Å². The van der Waals surface area contributed by atoms with Gasteiger partial charge >= 0.3 is 0 Å². The second-order valence-corrected chi connectivity index (χ2v) is 13.1. The van der Waals surface area contributed by atoms with Crippen LogP contribution in [-0.2, 0) is 6.42 Å². The van der Waals surface area contributed by atoms with Crippen LogP contribution in [0, 0.1) is 6.92 Å². The van der Waals surface area contributed by atoms with Gasteiger partial charge in [0.1, 0.15) is 0 Å². The van der Waals surface area contributed by atoms with Crippen LogP contribution in [0.5, 0.6) is 0 Å². The molecular formula is C35H34BrN5O2S. The Labute approximate surface area is 270 Å². The lowest BCUT2D eigenvalue weighted by Gasteiger charge is -2.40. The molecule has 224 valence electrons. The molecule has 9 heteroatoms. The van der Waals surface area contributed by atoms with Crippen LogP contribution in [0.2, 0.25) is 0 Å². The van der Waals surface area contributed by atoms with Gasteiger partial charge in [-0.25, -0.2) is 9.67 Å². The minimum Gasteiger partial charge on any atom is -0.335 e. The smallest absolute Gasteiger partial charge is 0.257 e. The molecule has 6 rings (SSSR count). The van der Waals surface area contributed by atoms with E-state index in [0.29, 0.717) is 37.2 Å². The van der Waals surface area contributed by atoms with Crippen LogP contribution >= 0.6 is 27.3 Å². The number of piperazine rings is 1. The van der Waals surface area contributed by atoms with E-state index in [1.165, 1.54) is 0 Å². The number of amides is 2. The van der Waals surface area contributed by atoms with E-state index in [9.17, 15) is 9.59 Å². The van der Waals surface area contributed by atoms with Crippen LogP contribution in [0.4, 0.5) is 0 Å². The number of thiazole rings is 1. The van der Waals surface area contributed by atoms with Gasteiger partial charge in [-0.1, -0.05) is 101 Å². The average molecular weight is 669 g/mol. The number of aromatic nitrogens is 3. The number of hydrogen-bond donors (Lipinski definition) is 0. The minimum atomic E-state index is -0.105. The molecule has 7 nitrogen and oxygen atoms in total. The number of halogens is 1. The zero-order valence-electron chi connectivity index (χ0n) is 25.0. The molecule has 1 aliphatic heterocycles. The summed E-state index contributed by atoms with van der Waals surface area (Å²) >= 11 is 5.12. The van der Waals surface area contributed by atoms with Gasteiger partial charge in [-0.2, -0.15) is 5.10 Å². The van der Waals surface area contributed by atoms with Crippen molar-refractivity contribution < 1.29 is 9.59 Å². The molecule has 5 aromatic rings. The first-order chi connectivity index (χ1) is 21.3. The summed E-state index contributed by atoms with van der Waals surface area (Å²) in [4.78, 5) is 37.1. The van der Waals surface area contributed by atoms with E-state index in [-0.39, 0.29) is 17.9 Å². The normalized spacial score (nSPS) is 15.0. The van der Waals surface area contributed by atoms with E-state index in [0.717, 1.165) is 49.0 Å². The molecule has 44 heavy (non-hydrogen) atoms. The lowest BCUT2D eigenvalue weighted by atomic mass is 10.1. The number of benzene rings is 3. The predicted molar refractivity (Wildman–Crippen MR) is 179 cm³/mol. The Kier molecular flexibility index (Phi) is 8.77. The van der Waals surface area contributed by atoms with Gasteiger partial charge in [-0.3, -0.25) is 9.59 Å². The van der Waals surface area contributed by atoms with E-state index in [4.69, 9.17) is 10.1 Å². The standard InChI is InChI=1S/C35H34BrN5O2S/c1-4-8-30-29(34(43)39-19-20-40(24(3)22-39)33(42)27-13-11-23(2)12-14-27)21-37-41(30)35-38-31(25-15-17-28(36)18-16-25)32(44-35)26-9-6-5-7-10-26/h5-7,9-18,21,24H,4,8,19-20,22H2,1-3H3. The average Bonchev–Trinajstić information content (AvgIpc) is 3.67. The number of carbonyl (C=O) groups excluding carboxylic acids is 2. The Hall–Kier alpha value is -4.08. The second-order valence-electron chi connectivity index (χ2n) is 11.2. The maximum Gasteiger partial charge on any atom is 0.257 e. The lowest BCUT2D eigenvalue weighted by Crippen LogP contribution is -2.55. The highest BCUT2D eigenvalue weighted by Gasteiger charge is 2.33. The third kappa shape index (κ3) is 5.99. The van der Waals surface area contributed by atoms with Crippen molar-refractivity contribution in [1.82, 2.24) is 24.6 Å². The van der Waals surface area contributed by atoms with Gasteiger partial charge in [0.25, 0.3) is 11.8 Å². The Morgan fingerprint density at radius 2 is 1.66 bits per heavy atom. The third-order valence-electron chi connectivity index (χ3n) is 8.01. The van der Waals surface area contributed by atoms with Crippen LogP contribution in [0.3, 0.4) is 0 Å². The van der Waals surface area contributed by atoms with Crippen molar-refractivity contribution in [2.75, 3.05) is 19.6 Å². The Bertz CT molecular complexity index is 1780. The highest BCUT2D eigenvalue weighted by atomic mass is 79.9. The van der Waals surface area contributed by atoms with Gasteiger partial charge < -0.3 is 9.80 Å². The van der Waals surface area contributed by atoms with Crippen LogP contribution in [0.1, 0.15) is 52.2 Å². The zero-order valence-corrected chi connectivity index (χ0v) is 27.4. The van der Waals surface area contributed by atoms with Crippen molar-refractivity contribution in [3.63, 3.8) is 0 Å². The van der Waals surface area contributed by atoms with Gasteiger partial charge in [0, 0.05) is 41.3 Å². The molecule has 2 aromatic heterocycles. The first kappa shape index (κ1) is 30.0. The summed E-state index contributed by atoms with van der Waals surface area (Å²) in [7, 11) is 0. The SMILES string of the molecule is CCCc1c(C(=O)N2CCN(C(=O)c3ccc(C)cc3)C(C)C2)cnn1-c1nc(-c2ccc(Br)cc2)c(-c2ccccc2)s1. The van der Waals surface area contributed by atoms with Crippen molar-refractivity contribution in [1.29, 1.82) is 0 Å². The van der Waals surface area contributed by atoms with Crippen molar-refractivity contribution >= 4 is 39.1 Å². The summed E-state index contributed by atoms with van der Waals surface area (Å²) < 4.78 is 2.85.